The molecule has 3 rings (SSSR count). The van der Waals surface area contributed by atoms with Crippen LogP contribution in [0.15, 0.2) is 29.6 Å². The van der Waals surface area contributed by atoms with Crippen molar-refractivity contribution in [1.29, 1.82) is 0 Å². The van der Waals surface area contributed by atoms with Crippen LogP contribution in [-0.4, -0.2) is 23.3 Å². The molecule has 0 radical (unpaired) electrons. The monoisotopic (exact) mass is 305 g/mol. The van der Waals surface area contributed by atoms with E-state index in [1.807, 2.05) is 45.2 Å². The van der Waals surface area contributed by atoms with Gasteiger partial charge in [0.15, 0.2) is 0 Å². The topological polar surface area (TPSA) is 31.4 Å². The van der Waals surface area contributed by atoms with Crippen LogP contribution in [0.1, 0.15) is 27.7 Å². The molecule has 3 nitrogen and oxygen atoms in total. The summed E-state index contributed by atoms with van der Waals surface area (Å²) in [7, 11) is -0.722. The predicted octanol–water partition coefficient (Wildman–Crippen LogP) is 3.25. The Balaban J connectivity index is 1.91. The number of thiophene rings is 1. The van der Waals surface area contributed by atoms with Crippen molar-refractivity contribution in [3.63, 3.8) is 0 Å². The molecule has 1 aliphatic heterocycles. The number of hydrogen-bond donors (Lipinski definition) is 0. The van der Waals surface area contributed by atoms with Crippen molar-refractivity contribution in [2.45, 2.75) is 38.9 Å². The average molecular weight is 305 g/mol. The maximum absolute atomic E-state index is 14.3. The van der Waals surface area contributed by atoms with Gasteiger partial charge in [-0.3, -0.25) is 0 Å². The second-order valence-electron chi connectivity index (χ2n) is 6.14. The van der Waals surface area contributed by atoms with E-state index in [0.29, 0.717) is 11.2 Å². The van der Waals surface area contributed by atoms with Crippen molar-refractivity contribution >= 4 is 23.9 Å². The van der Waals surface area contributed by atoms with E-state index in [-0.39, 0.29) is 0 Å². The summed E-state index contributed by atoms with van der Waals surface area (Å²) in [5.74, 6) is -0.542. The molecule has 0 unspecified atom stereocenters. The van der Waals surface area contributed by atoms with Crippen LogP contribution in [-0.2, 0) is 9.31 Å². The second kappa shape index (κ2) is 4.90. The molecule has 0 aromatic carbocycles. The van der Waals surface area contributed by atoms with Gasteiger partial charge in [-0.2, -0.15) is 4.39 Å². The van der Waals surface area contributed by atoms with Crippen molar-refractivity contribution in [1.82, 2.24) is 4.98 Å². The normalized spacial score (nSPS) is 20.0. The summed E-state index contributed by atoms with van der Waals surface area (Å²) in [5.41, 5.74) is -0.00992. The summed E-state index contributed by atoms with van der Waals surface area (Å²) in [6.07, 6.45) is 0. The second-order valence-corrected chi connectivity index (χ2v) is 7.09. The number of pyridine rings is 1. The Labute approximate surface area is 128 Å². The predicted molar refractivity (Wildman–Crippen MR) is 83.2 cm³/mol. The number of aromatic nitrogens is 1. The summed E-state index contributed by atoms with van der Waals surface area (Å²) in [6.45, 7) is 7.77. The Hall–Kier alpha value is -1.24. The summed E-state index contributed by atoms with van der Waals surface area (Å²) in [4.78, 5) is 4.98. The minimum atomic E-state index is -0.722. The molecule has 3 heterocycles. The lowest BCUT2D eigenvalue weighted by Gasteiger charge is -2.32. The molecule has 1 saturated heterocycles. The van der Waals surface area contributed by atoms with Crippen LogP contribution in [0.25, 0.3) is 10.6 Å². The molecule has 0 spiro atoms. The van der Waals surface area contributed by atoms with Crippen molar-refractivity contribution < 1.29 is 13.7 Å². The maximum Gasteiger partial charge on any atom is 0.499 e. The summed E-state index contributed by atoms with van der Waals surface area (Å²) < 4.78 is 26.1. The van der Waals surface area contributed by atoms with Gasteiger partial charge < -0.3 is 9.31 Å². The van der Waals surface area contributed by atoms with Gasteiger partial charge in [0.1, 0.15) is 0 Å². The van der Waals surface area contributed by atoms with Crippen LogP contribution in [0.4, 0.5) is 4.39 Å². The van der Waals surface area contributed by atoms with E-state index in [9.17, 15) is 4.39 Å². The van der Waals surface area contributed by atoms with Crippen LogP contribution < -0.4 is 5.46 Å². The SMILES string of the molecule is CC1(C)OB(c2ccc(-c3cccs3)nc2F)OC1(C)C. The zero-order valence-electron chi connectivity index (χ0n) is 12.5. The number of halogens is 1. The van der Waals surface area contributed by atoms with Gasteiger partial charge >= 0.3 is 7.12 Å². The third-order valence-electron chi connectivity index (χ3n) is 4.16. The molecular formula is C15H17BFNO2S. The molecular weight excluding hydrogens is 288 g/mol. The van der Waals surface area contributed by atoms with E-state index >= 15 is 0 Å². The Bertz CT molecular complexity index is 642. The van der Waals surface area contributed by atoms with Gasteiger partial charge in [-0.25, -0.2) is 4.98 Å². The van der Waals surface area contributed by atoms with Gasteiger partial charge in [0.2, 0.25) is 5.95 Å². The molecule has 2 aromatic rings. The number of nitrogens with zero attached hydrogens (tertiary/aromatic N) is 1. The maximum atomic E-state index is 14.3. The first-order valence-corrected chi connectivity index (χ1v) is 7.74. The van der Waals surface area contributed by atoms with Gasteiger partial charge in [0.25, 0.3) is 0 Å². The number of rotatable bonds is 2. The Kier molecular flexibility index (Phi) is 3.43. The molecule has 0 N–H and O–H groups in total. The number of hydrogen-bond acceptors (Lipinski definition) is 4. The van der Waals surface area contributed by atoms with E-state index in [1.54, 1.807) is 12.1 Å². The first-order chi connectivity index (χ1) is 9.80. The van der Waals surface area contributed by atoms with E-state index in [0.717, 1.165) is 4.88 Å². The molecule has 0 amide bonds. The van der Waals surface area contributed by atoms with Crippen LogP contribution in [0, 0.1) is 5.95 Å². The minimum Gasteiger partial charge on any atom is -0.399 e. The molecule has 1 aliphatic rings. The fraction of sp³-hybridized carbons (Fsp3) is 0.400. The lowest BCUT2D eigenvalue weighted by molar-refractivity contribution is 0.00578. The van der Waals surface area contributed by atoms with Gasteiger partial charge in [-0.1, -0.05) is 12.1 Å². The van der Waals surface area contributed by atoms with Crippen molar-refractivity contribution in [2.24, 2.45) is 0 Å². The summed E-state index contributed by atoms with van der Waals surface area (Å²) in [5, 5.41) is 1.94. The molecule has 2 aromatic heterocycles. The van der Waals surface area contributed by atoms with E-state index in [1.165, 1.54) is 11.3 Å². The highest BCUT2D eigenvalue weighted by atomic mass is 32.1. The van der Waals surface area contributed by atoms with E-state index in [4.69, 9.17) is 9.31 Å². The van der Waals surface area contributed by atoms with Crippen molar-refractivity contribution in [3.8, 4) is 10.6 Å². The van der Waals surface area contributed by atoms with E-state index in [2.05, 4.69) is 4.98 Å². The lowest BCUT2D eigenvalue weighted by atomic mass is 9.80. The summed E-state index contributed by atoms with van der Waals surface area (Å²) >= 11 is 1.53. The lowest BCUT2D eigenvalue weighted by Crippen LogP contribution is -2.41. The quantitative estimate of drug-likeness (QED) is 0.630. The third kappa shape index (κ3) is 2.52. The van der Waals surface area contributed by atoms with Crippen molar-refractivity contribution in [3.05, 3.63) is 35.6 Å². The molecule has 110 valence electrons. The standard InChI is InChI=1S/C15H17BFNO2S/c1-14(2)15(3,4)20-16(19-14)10-7-8-11(18-13(10)17)12-6-5-9-21-12/h5-9H,1-4H3. The molecule has 0 atom stereocenters. The zero-order valence-corrected chi connectivity index (χ0v) is 13.3. The van der Waals surface area contributed by atoms with E-state index < -0.39 is 24.3 Å². The fourth-order valence-corrected chi connectivity index (χ4v) is 2.85. The average Bonchev–Trinajstić information content (AvgIpc) is 2.96. The van der Waals surface area contributed by atoms with Crippen LogP contribution >= 0.6 is 11.3 Å². The zero-order chi connectivity index (χ0) is 15.3. The highest BCUT2D eigenvalue weighted by molar-refractivity contribution is 7.13. The van der Waals surface area contributed by atoms with Gasteiger partial charge in [-0.15, -0.1) is 11.3 Å². The fourth-order valence-electron chi connectivity index (χ4n) is 2.15. The largest absolute Gasteiger partial charge is 0.499 e. The highest BCUT2D eigenvalue weighted by Gasteiger charge is 2.52. The Morgan fingerprint density at radius 3 is 2.29 bits per heavy atom. The van der Waals surface area contributed by atoms with Gasteiger partial charge in [0.05, 0.1) is 21.8 Å². The molecule has 1 fully saturated rings. The third-order valence-corrected chi connectivity index (χ3v) is 5.05. The minimum absolute atomic E-state index is 0.342. The molecule has 0 aliphatic carbocycles. The van der Waals surface area contributed by atoms with Gasteiger partial charge in [-0.05, 0) is 45.2 Å². The first-order valence-electron chi connectivity index (χ1n) is 6.86. The molecule has 6 heteroatoms. The molecule has 21 heavy (non-hydrogen) atoms. The summed E-state index contributed by atoms with van der Waals surface area (Å²) in [6, 6.07) is 7.33. The Morgan fingerprint density at radius 1 is 1.10 bits per heavy atom. The van der Waals surface area contributed by atoms with Crippen molar-refractivity contribution in [2.75, 3.05) is 0 Å². The first kappa shape index (κ1) is 14.7. The van der Waals surface area contributed by atoms with Crippen LogP contribution in [0.5, 0.6) is 0 Å². The smallest absolute Gasteiger partial charge is 0.399 e. The van der Waals surface area contributed by atoms with Crippen LogP contribution in [0.3, 0.4) is 0 Å². The molecule has 0 bridgehead atoms. The van der Waals surface area contributed by atoms with Crippen LogP contribution in [0.2, 0.25) is 0 Å². The molecule has 0 saturated carbocycles. The Morgan fingerprint density at radius 2 is 1.76 bits per heavy atom. The van der Waals surface area contributed by atoms with Gasteiger partial charge in [0, 0.05) is 5.46 Å². The highest BCUT2D eigenvalue weighted by Crippen LogP contribution is 2.36.